The van der Waals surface area contributed by atoms with Gasteiger partial charge in [0.05, 0.1) is 18.9 Å². The van der Waals surface area contributed by atoms with Crippen LogP contribution in [0.5, 0.6) is 0 Å². The number of ether oxygens (including phenoxy) is 1. The fourth-order valence-corrected chi connectivity index (χ4v) is 2.78. The van der Waals surface area contributed by atoms with Gasteiger partial charge >= 0.3 is 0 Å². The fourth-order valence-electron chi connectivity index (χ4n) is 2.78. The number of nitrogen functional groups attached to an aromatic ring is 1. The highest BCUT2D eigenvalue weighted by Crippen LogP contribution is 2.26. The number of anilines is 2. The lowest BCUT2D eigenvalue weighted by atomic mass is 10.1. The number of aromatic nitrogens is 2. The Bertz CT molecular complexity index is 445. The van der Waals surface area contributed by atoms with E-state index in [0.717, 1.165) is 50.9 Å². The van der Waals surface area contributed by atoms with Crippen LogP contribution in [0.4, 0.5) is 11.8 Å². The summed E-state index contributed by atoms with van der Waals surface area (Å²) in [6, 6.07) is 0. The monoisotopic (exact) mass is 263 g/mol. The highest BCUT2D eigenvalue weighted by Gasteiger charge is 2.20. The fraction of sp³-hybridized carbons (Fsp3) is 0.692. The van der Waals surface area contributed by atoms with Crippen LogP contribution < -0.4 is 16.2 Å². The van der Waals surface area contributed by atoms with Crippen molar-refractivity contribution in [1.82, 2.24) is 9.97 Å². The molecule has 0 amide bonds. The number of hydrogen-bond acceptors (Lipinski definition) is 6. The van der Waals surface area contributed by atoms with Crippen molar-refractivity contribution in [3.8, 4) is 0 Å². The maximum absolute atomic E-state index is 5.64. The molecule has 1 aromatic rings. The van der Waals surface area contributed by atoms with Crippen molar-refractivity contribution in [2.24, 2.45) is 5.84 Å². The summed E-state index contributed by atoms with van der Waals surface area (Å²) in [4.78, 5) is 11.5. The summed E-state index contributed by atoms with van der Waals surface area (Å²) in [5.74, 6) is 7.23. The third-order valence-corrected chi connectivity index (χ3v) is 3.85. The minimum absolute atomic E-state index is 0.742. The second-order valence-electron chi connectivity index (χ2n) is 5.10. The van der Waals surface area contributed by atoms with Crippen molar-refractivity contribution < 1.29 is 4.74 Å². The standard InChI is InChI=1S/C13H21N5O/c14-17-12-10-4-2-1-3-5-11(10)15-13(16-12)18-6-8-19-9-7-18/h1-9,14H2,(H,15,16,17). The molecule has 1 aliphatic heterocycles. The van der Waals surface area contributed by atoms with E-state index in [9.17, 15) is 0 Å². The molecule has 2 heterocycles. The van der Waals surface area contributed by atoms with E-state index >= 15 is 0 Å². The lowest BCUT2D eigenvalue weighted by Gasteiger charge is -2.27. The van der Waals surface area contributed by atoms with E-state index in [1.54, 1.807) is 0 Å². The Morgan fingerprint density at radius 2 is 1.84 bits per heavy atom. The Hall–Kier alpha value is -1.40. The maximum Gasteiger partial charge on any atom is 0.227 e. The second-order valence-corrected chi connectivity index (χ2v) is 5.10. The zero-order valence-corrected chi connectivity index (χ0v) is 11.2. The Morgan fingerprint density at radius 1 is 1.05 bits per heavy atom. The van der Waals surface area contributed by atoms with Gasteiger partial charge in [-0.1, -0.05) is 6.42 Å². The first kappa shape index (κ1) is 12.6. The van der Waals surface area contributed by atoms with Crippen LogP contribution >= 0.6 is 0 Å². The van der Waals surface area contributed by atoms with E-state index < -0.39 is 0 Å². The minimum Gasteiger partial charge on any atom is -0.378 e. The van der Waals surface area contributed by atoms with E-state index in [0.29, 0.717) is 0 Å². The van der Waals surface area contributed by atoms with E-state index in [1.165, 1.54) is 30.5 Å². The van der Waals surface area contributed by atoms with Crippen LogP contribution in [0.2, 0.25) is 0 Å². The van der Waals surface area contributed by atoms with Crippen molar-refractivity contribution in [3.63, 3.8) is 0 Å². The van der Waals surface area contributed by atoms with Crippen LogP contribution in [-0.2, 0) is 17.6 Å². The predicted octanol–water partition coefficient (Wildman–Crippen LogP) is 0.868. The number of morpholine rings is 1. The number of aryl methyl sites for hydroxylation is 1. The molecule has 104 valence electrons. The average molecular weight is 263 g/mol. The summed E-state index contributed by atoms with van der Waals surface area (Å²) in [5, 5.41) is 0. The number of rotatable bonds is 2. The van der Waals surface area contributed by atoms with Crippen LogP contribution in [-0.4, -0.2) is 36.3 Å². The van der Waals surface area contributed by atoms with Crippen LogP contribution in [0.25, 0.3) is 0 Å². The van der Waals surface area contributed by atoms with E-state index in [-0.39, 0.29) is 0 Å². The van der Waals surface area contributed by atoms with E-state index in [4.69, 9.17) is 15.6 Å². The van der Waals surface area contributed by atoms with Crippen LogP contribution in [0, 0.1) is 0 Å². The smallest absolute Gasteiger partial charge is 0.227 e. The summed E-state index contributed by atoms with van der Waals surface area (Å²) in [7, 11) is 0. The van der Waals surface area contributed by atoms with Crippen molar-refractivity contribution in [2.75, 3.05) is 36.6 Å². The molecule has 0 atom stereocenters. The molecule has 0 saturated carbocycles. The van der Waals surface area contributed by atoms with Gasteiger partial charge in [0, 0.05) is 18.7 Å². The molecule has 0 bridgehead atoms. The number of nitrogens with two attached hydrogens (primary N) is 1. The van der Waals surface area contributed by atoms with Gasteiger partial charge in [-0.3, -0.25) is 0 Å². The van der Waals surface area contributed by atoms with E-state index in [2.05, 4.69) is 15.3 Å². The molecule has 6 nitrogen and oxygen atoms in total. The largest absolute Gasteiger partial charge is 0.378 e. The number of hydrazine groups is 1. The van der Waals surface area contributed by atoms with Gasteiger partial charge in [-0.15, -0.1) is 0 Å². The highest BCUT2D eigenvalue weighted by molar-refractivity contribution is 5.51. The Morgan fingerprint density at radius 3 is 2.63 bits per heavy atom. The topological polar surface area (TPSA) is 76.3 Å². The zero-order valence-electron chi connectivity index (χ0n) is 11.2. The summed E-state index contributed by atoms with van der Waals surface area (Å²) >= 11 is 0. The summed E-state index contributed by atoms with van der Waals surface area (Å²) in [6.45, 7) is 3.18. The molecule has 0 radical (unpaired) electrons. The molecule has 1 fully saturated rings. The minimum atomic E-state index is 0.742. The number of hydrogen-bond donors (Lipinski definition) is 2. The quantitative estimate of drug-likeness (QED) is 0.468. The van der Waals surface area contributed by atoms with Crippen molar-refractivity contribution in [1.29, 1.82) is 0 Å². The maximum atomic E-state index is 5.64. The van der Waals surface area contributed by atoms with Crippen molar-refractivity contribution in [3.05, 3.63) is 11.3 Å². The SMILES string of the molecule is NNc1nc(N2CCOCC2)nc2c1CCCCC2. The van der Waals surface area contributed by atoms with Crippen LogP contribution in [0.3, 0.4) is 0 Å². The number of nitrogens with one attached hydrogen (secondary N) is 1. The molecule has 0 unspecified atom stereocenters. The van der Waals surface area contributed by atoms with Gasteiger partial charge in [0.2, 0.25) is 5.95 Å². The van der Waals surface area contributed by atoms with Gasteiger partial charge in [-0.25, -0.2) is 10.8 Å². The van der Waals surface area contributed by atoms with Crippen molar-refractivity contribution in [2.45, 2.75) is 32.1 Å². The molecule has 0 spiro atoms. The molecule has 1 saturated heterocycles. The zero-order chi connectivity index (χ0) is 13.1. The summed E-state index contributed by atoms with van der Waals surface area (Å²) in [6.07, 6.45) is 5.72. The molecule has 3 rings (SSSR count). The average Bonchev–Trinajstić information content (AvgIpc) is 2.72. The van der Waals surface area contributed by atoms with Gasteiger partial charge in [0.15, 0.2) is 0 Å². The van der Waals surface area contributed by atoms with Crippen LogP contribution in [0.15, 0.2) is 0 Å². The molecule has 6 heteroatoms. The lowest BCUT2D eigenvalue weighted by molar-refractivity contribution is 0.122. The first-order valence-corrected chi connectivity index (χ1v) is 7.07. The lowest BCUT2D eigenvalue weighted by Crippen LogP contribution is -2.37. The first-order chi connectivity index (χ1) is 9.38. The molecule has 19 heavy (non-hydrogen) atoms. The Labute approximate surface area is 113 Å². The molecular formula is C13H21N5O. The van der Waals surface area contributed by atoms with Crippen molar-refractivity contribution >= 4 is 11.8 Å². The summed E-state index contributed by atoms with van der Waals surface area (Å²) in [5.41, 5.74) is 5.13. The third-order valence-electron chi connectivity index (χ3n) is 3.85. The molecule has 2 aliphatic rings. The third kappa shape index (κ3) is 2.64. The van der Waals surface area contributed by atoms with Crippen LogP contribution in [0.1, 0.15) is 30.5 Å². The molecule has 0 aromatic carbocycles. The predicted molar refractivity (Wildman–Crippen MR) is 74.1 cm³/mol. The normalized spacial score (nSPS) is 19.7. The molecular weight excluding hydrogens is 242 g/mol. The van der Waals surface area contributed by atoms with Gasteiger partial charge in [0.25, 0.3) is 0 Å². The molecule has 1 aromatic heterocycles. The number of nitrogens with zero attached hydrogens (tertiary/aromatic N) is 3. The number of fused-ring (bicyclic) bond motifs is 1. The van der Waals surface area contributed by atoms with Gasteiger partial charge in [-0.05, 0) is 25.7 Å². The second kappa shape index (κ2) is 5.71. The Kier molecular flexibility index (Phi) is 3.79. The van der Waals surface area contributed by atoms with Gasteiger partial charge in [-0.2, -0.15) is 4.98 Å². The summed E-state index contributed by atoms with van der Waals surface area (Å²) < 4.78 is 5.37. The van der Waals surface area contributed by atoms with Gasteiger partial charge < -0.3 is 15.1 Å². The highest BCUT2D eigenvalue weighted by atomic mass is 16.5. The molecule has 3 N–H and O–H groups in total. The Balaban J connectivity index is 1.94. The first-order valence-electron chi connectivity index (χ1n) is 7.07. The van der Waals surface area contributed by atoms with Gasteiger partial charge in [0.1, 0.15) is 5.82 Å². The van der Waals surface area contributed by atoms with E-state index in [1.807, 2.05) is 0 Å². The molecule has 1 aliphatic carbocycles.